The highest BCUT2D eigenvalue weighted by Crippen LogP contribution is 2.23. The maximum atomic E-state index is 5.82. The Morgan fingerprint density at radius 3 is 1.91 bits per heavy atom. The first-order valence-electron chi connectivity index (χ1n) is 7.54. The van der Waals surface area contributed by atoms with Gasteiger partial charge in [0.2, 0.25) is 0 Å². The van der Waals surface area contributed by atoms with Gasteiger partial charge < -0.3 is 14.2 Å². The van der Waals surface area contributed by atoms with Crippen LogP contribution in [-0.2, 0) is 0 Å². The lowest BCUT2D eigenvalue weighted by atomic mass is 10.2. The van der Waals surface area contributed by atoms with Gasteiger partial charge in [0.15, 0.2) is 0 Å². The Bertz CT molecular complexity index is 600. The van der Waals surface area contributed by atoms with Crippen LogP contribution < -0.4 is 14.2 Å². The molecule has 22 heavy (non-hydrogen) atoms. The van der Waals surface area contributed by atoms with Gasteiger partial charge in [-0.3, -0.25) is 0 Å². The highest BCUT2D eigenvalue weighted by atomic mass is 16.5. The van der Waals surface area contributed by atoms with E-state index in [1.165, 1.54) is 5.56 Å². The molecular formula is C19H24O3. The summed E-state index contributed by atoms with van der Waals surface area (Å²) in [5.41, 5.74) is 0.970. The lowest BCUT2D eigenvalue weighted by Crippen LogP contribution is -2.22. The molecule has 3 heteroatoms. The van der Waals surface area contributed by atoms with E-state index in [1.807, 2.05) is 76.2 Å². The fraction of sp³-hybridized carbons (Fsp3) is 0.368. The molecule has 0 saturated heterocycles. The third kappa shape index (κ3) is 5.68. The molecule has 0 amide bonds. The SMILES string of the molecule is Cc1cccc(OCCOc2cccc(OC(C)(C)C)c2)c1. The van der Waals surface area contributed by atoms with Crippen LogP contribution >= 0.6 is 0 Å². The summed E-state index contributed by atoms with van der Waals surface area (Å²) in [4.78, 5) is 0. The molecule has 2 aromatic rings. The van der Waals surface area contributed by atoms with Crippen molar-refractivity contribution < 1.29 is 14.2 Å². The van der Waals surface area contributed by atoms with E-state index in [9.17, 15) is 0 Å². The van der Waals surface area contributed by atoms with Crippen LogP contribution in [0.2, 0.25) is 0 Å². The van der Waals surface area contributed by atoms with Crippen LogP contribution in [0.15, 0.2) is 48.5 Å². The van der Waals surface area contributed by atoms with Crippen molar-refractivity contribution >= 4 is 0 Å². The summed E-state index contributed by atoms with van der Waals surface area (Å²) in [7, 11) is 0. The average molecular weight is 300 g/mol. The zero-order valence-corrected chi connectivity index (χ0v) is 13.8. The van der Waals surface area contributed by atoms with Gasteiger partial charge in [0, 0.05) is 6.07 Å². The van der Waals surface area contributed by atoms with Gasteiger partial charge in [0.25, 0.3) is 0 Å². The maximum Gasteiger partial charge on any atom is 0.123 e. The molecule has 0 atom stereocenters. The Labute approximate surface area is 132 Å². The van der Waals surface area contributed by atoms with E-state index >= 15 is 0 Å². The van der Waals surface area contributed by atoms with E-state index in [2.05, 4.69) is 0 Å². The van der Waals surface area contributed by atoms with Gasteiger partial charge in [-0.2, -0.15) is 0 Å². The summed E-state index contributed by atoms with van der Waals surface area (Å²) >= 11 is 0. The minimum Gasteiger partial charge on any atom is -0.490 e. The van der Waals surface area contributed by atoms with Crippen molar-refractivity contribution in [2.45, 2.75) is 33.3 Å². The maximum absolute atomic E-state index is 5.82. The van der Waals surface area contributed by atoms with E-state index in [-0.39, 0.29) is 5.60 Å². The Morgan fingerprint density at radius 1 is 0.773 bits per heavy atom. The first-order chi connectivity index (χ1) is 10.4. The first-order valence-corrected chi connectivity index (χ1v) is 7.54. The summed E-state index contributed by atoms with van der Waals surface area (Å²) in [6.45, 7) is 9.12. The Balaban J connectivity index is 1.80. The van der Waals surface area contributed by atoms with Crippen molar-refractivity contribution in [1.29, 1.82) is 0 Å². The van der Waals surface area contributed by atoms with Crippen LogP contribution in [0.5, 0.6) is 17.2 Å². The zero-order valence-electron chi connectivity index (χ0n) is 13.8. The smallest absolute Gasteiger partial charge is 0.123 e. The highest BCUT2D eigenvalue weighted by Gasteiger charge is 2.11. The molecule has 0 spiro atoms. The van der Waals surface area contributed by atoms with Crippen LogP contribution in [0, 0.1) is 6.92 Å². The van der Waals surface area contributed by atoms with E-state index < -0.39 is 0 Å². The summed E-state index contributed by atoms with van der Waals surface area (Å²) in [6.07, 6.45) is 0. The van der Waals surface area contributed by atoms with Crippen molar-refractivity contribution in [3.63, 3.8) is 0 Å². The molecule has 0 heterocycles. The molecular weight excluding hydrogens is 276 g/mol. The van der Waals surface area contributed by atoms with Crippen LogP contribution in [0.25, 0.3) is 0 Å². The van der Waals surface area contributed by atoms with Crippen molar-refractivity contribution in [3.8, 4) is 17.2 Å². The normalized spacial score (nSPS) is 11.1. The number of ether oxygens (including phenoxy) is 3. The molecule has 0 aliphatic rings. The molecule has 0 N–H and O–H groups in total. The molecule has 0 aliphatic heterocycles. The number of benzene rings is 2. The molecule has 2 aromatic carbocycles. The van der Waals surface area contributed by atoms with Gasteiger partial charge in [-0.15, -0.1) is 0 Å². The predicted octanol–water partition coefficient (Wildman–Crippen LogP) is 4.63. The van der Waals surface area contributed by atoms with E-state index in [0.29, 0.717) is 13.2 Å². The van der Waals surface area contributed by atoms with Gasteiger partial charge in [0.05, 0.1) is 0 Å². The summed E-state index contributed by atoms with van der Waals surface area (Å²) < 4.78 is 17.2. The zero-order chi connectivity index (χ0) is 16.0. The van der Waals surface area contributed by atoms with E-state index in [4.69, 9.17) is 14.2 Å². The lowest BCUT2D eigenvalue weighted by molar-refractivity contribution is 0.130. The molecule has 0 saturated carbocycles. The van der Waals surface area contributed by atoms with Gasteiger partial charge in [-0.05, 0) is 57.5 Å². The first kappa shape index (κ1) is 16.2. The molecule has 118 valence electrons. The Kier molecular flexibility index (Phi) is 5.31. The summed E-state index contributed by atoms with van der Waals surface area (Å²) in [6, 6.07) is 15.7. The summed E-state index contributed by atoms with van der Waals surface area (Å²) in [5.74, 6) is 2.47. The number of hydrogen-bond acceptors (Lipinski definition) is 3. The Morgan fingerprint density at radius 2 is 1.32 bits per heavy atom. The van der Waals surface area contributed by atoms with Crippen molar-refractivity contribution in [2.24, 2.45) is 0 Å². The van der Waals surface area contributed by atoms with E-state index in [0.717, 1.165) is 17.2 Å². The molecule has 0 unspecified atom stereocenters. The molecule has 0 fully saturated rings. The van der Waals surface area contributed by atoms with Crippen LogP contribution in [0.1, 0.15) is 26.3 Å². The molecule has 0 radical (unpaired) electrons. The molecule has 3 nitrogen and oxygen atoms in total. The molecule has 0 aromatic heterocycles. The quantitative estimate of drug-likeness (QED) is 0.728. The summed E-state index contributed by atoms with van der Waals surface area (Å²) in [5, 5.41) is 0. The largest absolute Gasteiger partial charge is 0.490 e. The average Bonchev–Trinajstić information content (AvgIpc) is 2.42. The number of rotatable bonds is 6. The van der Waals surface area contributed by atoms with E-state index in [1.54, 1.807) is 0 Å². The fourth-order valence-electron chi connectivity index (χ4n) is 2.01. The van der Waals surface area contributed by atoms with Crippen molar-refractivity contribution in [2.75, 3.05) is 13.2 Å². The third-order valence-electron chi connectivity index (χ3n) is 2.84. The molecule has 0 aliphatic carbocycles. The second kappa shape index (κ2) is 7.21. The standard InChI is InChI=1S/C19H24O3/c1-15-7-5-8-16(13-15)20-11-12-21-17-9-6-10-18(14-17)22-19(2,3)4/h5-10,13-14H,11-12H2,1-4H3. The number of aryl methyl sites for hydroxylation is 1. The van der Waals surface area contributed by atoms with Gasteiger partial charge in [-0.25, -0.2) is 0 Å². The van der Waals surface area contributed by atoms with Gasteiger partial charge >= 0.3 is 0 Å². The van der Waals surface area contributed by atoms with Crippen molar-refractivity contribution in [3.05, 3.63) is 54.1 Å². The van der Waals surface area contributed by atoms with Crippen LogP contribution in [0.4, 0.5) is 0 Å². The second-order valence-corrected chi connectivity index (χ2v) is 6.20. The second-order valence-electron chi connectivity index (χ2n) is 6.20. The van der Waals surface area contributed by atoms with Gasteiger partial charge in [-0.1, -0.05) is 18.2 Å². The topological polar surface area (TPSA) is 27.7 Å². The monoisotopic (exact) mass is 300 g/mol. The lowest BCUT2D eigenvalue weighted by Gasteiger charge is -2.21. The molecule has 0 bridgehead atoms. The predicted molar refractivity (Wildman–Crippen MR) is 89.0 cm³/mol. The van der Waals surface area contributed by atoms with Crippen molar-refractivity contribution in [1.82, 2.24) is 0 Å². The fourth-order valence-corrected chi connectivity index (χ4v) is 2.01. The van der Waals surface area contributed by atoms with Gasteiger partial charge in [0.1, 0.15) is 36.1 Å². The molecule has 2 rings (SSSR count). The third-order valence-corrected chi connectivity index (χ3v) is 2.84. The number of hydrogen-bond donors (Lipinski definition) is 0. The minimum absolute atomic E-state index is 0.215. The van der Waals surface area contributed by atoms with Crippen LogP contribution in [-0.4, -0.2) is 18.8 Å². The van der Waals surface area contributed by atoms with Crippen LogP contribution in [0.3, 0.4) is 0 Å². The Hall–Kier alpha value is -2.16. The minimum atomic E-state index is -0.215. The highest BCUT2D eigenvalue weighted by molar-refractivity contribution is 5.33.